The lowest BCUT2D eigenvalue weighted by molar-refractivity contribution is 0.125. The molecule has 0 N–H and O–H groups in total. The highest BCUT2D eigenvalue weighted by molar-refractivity contribution is 4.93. The minimum absolute atomic E-state index is 0.264. The Labute approximate surface area is 83.5 Å². The van der Waals surface area contributed by atoms with Gasteiger partial charge in [0.25, 0.3) is 0 Å². The molecule has 1 rings (SSSR count). The van der Waals surface area contributed by atoms with Gasteiger partial charge < -0.3 is 0 Å². The Bertz CT molecular complexity index is 130. The van der Waals surface area contributed by atoms with Gasteiger partial charge in [0.05, 0.1) is 0 Å². The van der Waals surface area contributed by atoms with Crippen molar-refractivity contribution in [3.63, 3.8) is 0 Å². The Kier molecular flexibility index (Phi) is 4.24. The highest BCUT2D eigenvalue weighted by Gasteiger charge is 2.30. The molecule has 1 radical (unpaired) electrons. The maximum absolute atomic E-state index is 4.46. The number of rotatable bonds is 3. The van der Waals surface area contributed by atoms with E-state index >= 15 is 0 Å². The first-order valence-electron chi connectivity index (χ1n) is 5.83. The fourth-order valence-electron chi connectivity index (χ4n) is 2.60. The van der Waals surface area contributed by atoms with Crippen LogP contribution in [0.3, 0.4) is 0 Å². The standard InChI is InChI=1S/C12H24N/c1-4-13(5-2)12(3)10-8-6-7-9-11-12/h3-11H2,1-2H3. The van der Waals surface area contributed by atoms with Crippen molar-refractivity contribution in [2.45, 2.75) is 57.9 Å². The van der Waals surface area contributed by atoms with Crippen molar-refractivity contribution in [3.8, 4) is 0 Å². The van der Waals surface area contributed by atoms with Gasteiger partial charge in [0.1, 0.15) is 0 Å². The third kappa shape index (κ3) is 2.70. The average molecular weight is 182 g/mol. The fraction of sp³-hybridized carbons (Fsp3) is 0.917. The van der Waals surface area contributed by atoms with Gasteiger partial charge in [-0.25, -0.2) is 0 Å². The van der Waals surface area contributed by atoms with Crippen LogP contribution in [0.2, 0.25) is 0 Å². The van der Waals surface area contributed by atoms with Gasteiger partial charge in [-0.15, -0.1) is 0 Å². The van der Waals surface area contributed by atoms with Crippen LogP contribution in [0.1, 0.15) is 52.4 Å². The minimum atomic E-state index is 0.264. The topological polar surface area (TPSA) is 3.24 Å². The quantitative estimate of drug-likeness (QED) is 0.606. The van der Waals surface area contributed by atoms with E-state index in [0.29, 0.717) is 0 Å². The van der Waals surface area contributed by atoms with E-state index in [1.807, 2.05) is 0 Å². The second-order valence-corrected chi connectivity index (χ2v) is 4.31. The van der Waals surface area contributed by atoms with Crippen LogP contribution in [0.15, 0.2) is 0 Å². The second-order valence-electron chi connectivity index (χ2n) is 4.31. The van der Waals surface area contributed by atoms with Gasteiger partial charge in [0.15, 0.2) is 0 Å². The molecule has 13 heavy (non-hydrogen) atoms. The molecule has 0 saturated heterocycles. The zero-order chi connectivity index (χ0) is 9.73. The summed E-state index contributed by atoms with van der Waals surface area (Å²) < 4.78 is 0. The monoisotopic (exact) mass is 182 g/mol. The molecule has 0 spiro atoms. The summed E-state index contributed by atoms with van der Waals surface area (Å²) in [5, 5.41) is 0. The van der Waals surface area contributed by atoms with E-state index in [9.17, 15) is 0 Å². The van der Waals surface area contributed by atoms with Crippen LogP contribution in [0.5, 0.6) is 0 Å². The Morgan fingerprint density at radius 3 is 1.85 bits per heavy atom. The zero-order valence-electron chi connectivity index (χ0n) is 9.31. The van der Waals surface area contributed by atoms with Crippen LogP contribution in [0.4, 0.5) is 0 Å². The molecule has 1 nitrogen and oxygen atoms in total. The SMILES string of the molecule is [CH2]C1(N(CC)CC)CCCCCC1. The third-order valence-corrected chi connectivity index (χ3v) is 3.47. The van der Waals surface area contributed by atoms with E-state index in [2.05, 4.69) is 25.7 Å². The summed E-state index contributed by atoms with van der Waals surface area (Å²) >= 11 is 0. The largest absolute Gasteiger partial charge is 0.298 e. The Balaban J connectivity index is 2.58. The molecule has 0 aromatic carbocycles. The van der Waals surface area contributed by atoms with Gasteiger partial charge in [-0.3, -0.25) is 4.90 Å². The molecule has 1 aliphatic rings. The van der Waals surface area contributed by atoms with Gasteiger partial charge in [0.2, 0.25) is 0 Å². The molecule has 0 aromatic heterocycles. The maximum Gasteiger partial charge on any atom is 0.0210 e. The van der Waals surface area contributed by atoms with Crippen molar-refractivity contribution in [1.82, 2.24) is 4.90 Å². The van der Waals surface area contributed by atoms with E-state index < -0.39 is 0 Å². The van der Waals surface area contributed by atoms with Crippen molar-refractivity contribution in [3.05, 3.63) is 6.92 Å². The first-order chi connectivity index (χ1) is 6.23. The fourth-order valence-corrected chi connectivity index (χ4v) is 2.60. The smallest absolute Gasteiger partial charge is 0.0210 e. The number of hydrogen-bond donors (Lipinski definition) is 0. The van der Waals surface area contributed by atoms with E-state index in [1.165, 1.54) is 38.5 Å². The Morgan fingerprint density at radius 1 is 1.00 bits per heavy atom. The summed E-state index contributed by atoms with van der Waals surface area (Å²) in [7, 11) is 0. The van der Waals surface area contributed by atoms with Gasteiger partial charge in [-0.05, 0) is 32.9 Å². The van der Waals surface area contributed by atoms with Gasteiger partial charge in [0, 0.05) is 5.54 Å². The molecule has 1 fully saturated rings. The predicted octanol–water partition coefficient (Wildman–Crippen LogP) is 3.26. The highest BCUT2D eigenvalue weighted by atomic mass is 15.2. The molecular weight excluding hydrogens is 158 g/mol. The first-order valence-corrected chi connectivity index (χ1v) is 5.83. The van der Waals surface area contributed by atoms with Crippen LogP contribution in [-0.4, -0.2) is 23.5 Å². The van der Waals surface area contributed by atoms with Crippen LogP contribution in [0.25, 0.3) is 0 Å². The minimum Gasteiger partial charge on any atom is -0.298 e. The molecule has 0 unspecified atom stereocenters. The summed E-state index contributed by atoms with van der Waals surface area (Å²) in [5.74, 6) is 0. The third-order valence-electron chi connectivity index (χ3n) is 3.47. The van der Waals surface area contributed by atoms with Crippen molar-refractivity contribution in [1.29, 1.82) is 0 Å². The summed E-state index contributed by atoms with van der Waals surface area (Å²) in [5.41, 5.74) is 0.264. The number of nitrogens with zero attached hydrogens (tertiary/aromatic N) is 1. The molecule has 0 atom stereocenters. The van der Waals surface area contributed by atoms with Gasteiger partial charge in [-0.1, -0.05) is 39.5 Å². The highest BCUT2D eigenvalue weighted by Crippen LogP contribution is 2.31. The van der Waals surface area contributed by atoms with E-state index in [0.717, 1.165) is 13.1 Å². The summed E-state index contributed by atoms with van der Waals surface area (Å²) in [6.07, 6.45) is 8.18. The zero-order valence-corrected chi connectivity index (χ0v) is 9.31. The summed E-state index contributed by atoms with van der Waals surface area (Å²) in [6.45, 7) is 11.3. The molecule has 1 aliphatic carbocycles. The molecule has 0 bridgehead atoms. The van der Waals surface area contributed by atoms with Crippen molar-refractivity contribution < 1.29 is 0 Å². The lowest BCUT2D eigenvalue weighted by Gasteiger charge is -2.39. The van der Waals surface area contributed by atoms with E-state index in [1.54, 1.807) is 0 Å². The van der Waals surface area contributed by atoms with Crippen LogP contribution in [-0.2, 0) is 0 Å². The lowest BCUT2D eigenvalue weighted by Crippen LogP contribution is -2.46. The van der Waals surface area contributed by atoms with Crippen LogP contribution in [0, 0.1) is 6.92 Å². The molecule has 77 valence electrons. The average Bonchev–Trinajstić information content (AvgIpc) is 2.33. The molecule has 0 aliphatic heterocycles. The molecule has 0 heterocycles. The van der Waals surface area contributed by atoms with Crippen molar-refractivity contribution in [2.24, 2.45) is 0 Å². The molecule has 0 aromatic rings. The molecular formula is C12H24N. The van der Waals surface area contributed by atoms with Crippen molar-refractivity contribution >= 4 is 0 Å². The Morgan fingerprint density at radius 2 is 1.46 bits per heavy atom. The number of hydrogen-bond acceptors (Lipinski definition) is 1. The van der Waals surface area contributed by atoms with E-state index in [4.69, 9.17) is 0 Å². The van der Waals surface area contributed by atoms with Gasteiger partial charge in [-0.2, -0.15) is 0 Å². The van der Waals surface area contributed by atoms with Crippen molar-refractivity contribution in [2.75, 3.05) is 13.1 Å². The first kappa shape index (κ1) is 11.0. The van der Waals surface area contributed by atoms with Crippen LogP contribution >= 0.6 is 0 Å². The molecule has 0 amide bonds. The lowest BCUT2D eigenvalue weighted by atomic mass is 9.90. The normalized spacial score (nSPS) is 23.1. The molecule has 1 saturated carbocycles. The Hall–Kier alpha value is -0.0400. The molecule has 1 heteroatoms. The summed E-state index contributed by atoms with van der Waals surface area (Å²) in [6, 6.07) is 0. The maximum atomic E-state index is 4.46. The second kappa shape index (κ2) is 4.99. The van der Waals surface area contributed by atoms with Gasteiger partial charge >= 0.3 is 0 Å². The summed E-state index contributed by atoms with van der Waals surface area (Å²) in [4.78, 5) is 2.54. The predicted molar refractivity (Wildman–Crippen MR) is 58.7 cm³/mol. The van der Waals surface area contributed by atoms with E-state index in [-0.39, 0.29) is 5.54 Å². The van der Waals surface area contributed by atoms with Crippen LogP contribution < -0.4 is 0 Å².